The maximum atomic E-state index is 13.0. The van der Waals surface area contributed by atoms with Crippen LogP contribution in [0.5, 0.6) is 0 Å². The molecule has 1 aliphatic carbocycles. The summed E-state index contributed by atoms with van der Waals surface area (Å²) in [5, 5.41) is 11.3. The van der Waals surface area contributed by atoms with Crippen LogP contribution in [0.4, 0.5) is 0 Å². The van der Waals surface area contributed by atoms with Crippen LogP contribution in [-0.4, -0.2) is 20.7 Å². The molecule has 1 aromatic heterocycles. The Morgan fingerprint density at radius 1 is 1.04 bits per heavy atom. The van der Waals surface area contributed by atoms with E-state index < -0.39 is 0 Å². The van der Waals surface area contributed by atoms with Gasteiger partial charge in [0.2, 0.25) is 0 Å². The Kier molecular flexibility index (Phi) is 4.47. The van der Waals surface area contributed by atoms with Crippen molar-refractivity contribution in [2.75, 3.05) is 0 Å². The summed E-state index contributed by atoms with van der Waals surface area (Å²) in [6.07, 6.45) is 7.28. The van der Waals surface area contributed by atoms with Crippen molar-refractivity contribution in [1.82, 2.24) is 20.1 Å². The number of benzene rings is 2. The third-order valence-electron chi connectivity index (χ3n) is 5.05. The fraction of sp³-hybridized carbons (Fsp3) is 0.250. The highest BCUT2D eigenvalue weighted by Crippen LogP contribution is 2.39. The van der Waals surface area contributed by atoms with Crippen molar-refractivity contribution in [3.8, 4) is 5.69 Å². The molecule has 4 rings (SSSR count). The molecule has 1 heterocycles. The van der Waals surface area contributed by atoms with Crippen molar-refractivity contribution in [1.29, 1.82) is 0 Å². The minimum atomic E-state index is -0.311. The standard InChI is InChI=1S/C20H19ClN4O/c21-18-12-16(25-13-22-23-14-25)8-9-17(18)19(26)24-20(10-4-5-11-20)15-6-2-1-3-7-15/h1-3,6-9,12-14H,4-5,10-11H2,(H,24,26). The number of halogens is 1. The fourth-order valence-corrected chi connectivity index (χ4v) is 3.95. The van der Waals surface area contributed by atoms with Crippen LogP contribution in [0.25, 0.3) is 5.69 Å². The molecule has 3 aromatic rings. The third kappa shape index (κ3) is 3.10. The first-order chi connectivity index (χ1) is 12.7. The molecule has 0 saturated heterocycles. The molecule has 0 radical (unpaired) electrons. The van der Waals surface area contributed by atoms with Gasteiger partial charge in [0, 0.05) is 5.69 Å². The summed E-state index contributed by atoms with van der Waals surface area (Å²) in [7, 11) is 0. The molecule has 5 nitrogen and oxygen atoms in total. The summed E-state index contributed by atoms with van der Waals surface area (Å²) in [5.74, 6) is -0.143. The molecule has 1 saturated carbocycles. The zero-order chi connectivity index (χ0) is 18.0. The Hall–Kier alpha value is -2.66. The van der Waals surface area contributed by atoms with Crippen molar-refractivity contribution >= 4 is 17.5 Å². The van der Waals surface area contributed by atoms with E-state index in [2.05, 4.69) is 27.6 Å². The molecule has 2 aromatic carbocycles. The lowest BCUT2D eigenvalue weighted by Crippen LogP contribution is -2.43. The Morgan fingerprint density at radius 3 is 2.38 bits per heavy atom. The molecular formula is C20H19ClN4O. The van der Waals surface area contributed by atoms with Gasteiger partial charge < -0.3 is 5.32 Å². The quantitative estimate of drug-likeness (QED) is 0.755. The minimum Gasteiger partial charge on any atom is -0.342 e. The van der Waals surface area contributed by atoms with E-state index in [0.29, 0.717) is 10.6 Å². The van der Waals surface area contributed by atoms with Gasteiger partial charge in [0.1, 0.15) is 12.7 Å². The summed E-state index contributed by atoms with van der Waals surface area (Å²) in [4.78, 5) is 13.0. The second-order valence-electron chi connectivity index (χ2n) is 6.64. The maximum Gasteiger partial charge on any atom is 0.253 e. The number of carbonyl (C=O) groups excluding carboxylic acids is 1. The molecule has 0 bridgehead atoms. The van der Waals surface area contributed by atoms with Crippen LogP contribution in [0.2, 0.25) is 5.02 Å². The summed E-state index contributed by atoms with van der Waals surface area (Å²) >= 11 is 6.40. The average molecular weight is 367 g/mol. The number of hydrogen-bond acceptors (Lipinski definition) is 3. The summed E-state index contributed by atoms with van der Waals surface area (Å²) < 4.78 is 1.75. The van der Waals surface area contributed by atoms with Crippen LogP contribution < -0.4 is 5.32 Å². The van der Waals surface area contributed by atoms with Crippen LogP contribution >= 0.6 is 11.6 Å². The first-order valence-electron chi connectivity index (χ1n) is 8.71. The Balaban J connectivity index is 1.61. The van der Waals surface area contributed by atoms with Crippen molar-refractivity contribution in [3.63, 3.8) is 0 Å². The van der Waals surface area contributed by atoms with Crippen LogP contribution in [0.3, 0.4) is 0 Å². The highest BCUT2D eigenvalue weighted by molar-refractivity contribution is 6.34. The van der Waals surface area contributed by atoms with Gasteiger partial charge in [-0.15, -0.1) is 10.2 Å². The fourth-order valence-electron chi connectivity index (χ4n) is 3.69. The molecule has 1 fully saturated rings. The molecule has 1 amide bonds. The van der Waals surface area contributed by atoms with Gasteiger partial charge in [-0.3, -0.25) is 9.36 Å². The highest BCUT2D eigenvalue weighted by Gasteiger charge is 2.37. The number of carbonyl (C=O) groups is 1. The summed E-state index contributed by atoms with van der Waals surface area (Å²) in [5.41, 5.74) is 2.14. The molecule has 0 unspecified atom stereocenters. The molecule has 0 aliphatic heterocycles. The smallest absolute Gasteiger partial charge is 0.253 e. The number of nitrogens with one attached hydrogen (secondary N) is 1. The molecule has 6 heteroatoms. The summed E-state index contributed by atoms with van der Waals surface area (Å²) in [6.45, 7) is 0. The van der Waals surface area contributed by atoms with E-state index in [0.717, 1.165) is 36.9 Å². The van der Waals surface area contributed by atoms with Gasteiger partial charge in [0.05, 0.1) is 16.1 Å². The van der Waals surface area contributed by atoms with Crippen LogP contribution in [0.15, 0.2) is 61.2 Å². The predicted octanol–water partition coefficient (Wildman–Crippen LogP) is 4.12. The molecule has 132 valence electrons. The monoisotopic (exact) mass is 366 g/mol. The molecule has 1 aliphatic rings. The van der Waals surface area contributed by atoms with Gasteiger partial charge in [-0.25, -0.2) is 0 Å². The lowest BCUT2D eigenvalue weighted by atomic mass is 9.88. The second kappa shape index (κ2) is 6.92. The normalized spacial score (nSPS) is 15.7. The number of rotatable bonds is 4. The second-order valence-corrected chi connectivity index (χ2v) is 7.05. The zero-order valence-electron chi connectivity index (χ0n) is 14.2. The minimum absolute atomic E-state index is 0.143. The van der Waals surface area contributed by atoms with E-state index in [-0.39, 0.29) is 11.4 Å². The largest absolute Gasteiger partial charge is 0.342 e. The molecule has 0 spiro atoms. The van der Waals surface area contributed by atoms with Gasteiger partial charge in [-0.05, 0) is 36.6 Å². The van der Waals surface area contributed by atoms with E-state index in [4.69, 9.17) is 11.6 Å². The Labute approximate surface area is 157 Å². The molecular weight excluding hydrogens is 348 g/mol. The topological polar surface area (TPSA) is 59.8 Å². The predicted molar refractivity (Wildman–Crippen MR) is 100 cm³/mol. The van der Waals surface area contributed by atoms with Crippen molar-refractivity contribution in [2.45, 2.75) is 31.2 Å². The third-order valence-corrected chi connectivity index (χ3v) is 5.36. The summed E-state index contributed by atoms with van der Waals surface area (Å²) in [6, 6.07) is 15.5. The molecule has 26 heavy (non-hydrogen) atoms. The number of hydrogen-bond donors (Lipinski definition) is 1. The average Bonchev–Trinajstić information content (AvgIpc) is 3.35. The van der Waals surface area contributed by atoms with Crippen LogP contribution in [-0.2, 0) is 5.54 Å². The number of aromatic nitrogens is 3. The Bertz CT molecular complexity index is 903. The lowest BCUT2D eigenvalue weighted by Gasteiger charge is -2.31. The van der Waals surface area contributed by atoms with E-state index in [9.17, 15) is 4.79 Å². The molecule has 1 N–H and O–H groups in total. The number of amides is 1. The first kappa shape index (κ1) is 16.8. The van der Waals surface area contributed by atoms with Crippen molar-refractivity contribution < 1.29 is 4.79 Å². The van der Waals surface area contributed by atoms with Crippen molar-refractivity contribution in [2.24, 2.45) is 0 Å². The lowest BCUT2D eigenvalue weighted by molar-refractivity contribution is 0.0898. The van der Waals surface area contributed by atoms with Gasteiger partial charge in [0.25, 0.3) is 5.91 Å². The molecule has 0 atom stereocenters. The SMILES string of the molecule is O=C(NC1(c2ccccc2)CCCC1)c1ccc(-n2cnnc2)cc1Cl. The zero-order valence-corrected chi connectivity index (χ0v) is 15.0. The van der Waals surface area contributed by atoms with Crippen LogP contribution in [0.1, 0.15) is 41.6 Å². The maximum absolute atomic E-state index is 13.0. The van der Waals surface area contributed by atoms with Crippen LogP contribution in [0, 0.1) is 0 Å². The number of nitrogens with zero attached hydrogens (tertiary/aromatic N) is 3. The van der Waals surface area contributed by atoms with E-state index in [1.165, 1.54) is 0 Å². The van der Waals surface area contributed by atoms with Gasteiger partial charge >= 0.3 is 0 Å². The van der Waals surface area contributed by atoms with E-state index in [1.54, 1.807) is 29.4 Å². The van der Waals surface area contributed by atoms with Gasteiger partial charge in [-0.1, -0.05) is 54.8 Å². The first-order valence-corrected chi connectivity index (χ1v) is 9.08. The Morgan fingerprint density at radius 2 is 1.73 bits per heavy atom. The van der Waals surface area contributed by atoms with E-state index >= 15 is 0 Å². The van der Waals surface area contributed by atoms with Gasteiger partial charge in [-0.2, -0.15) is 0 Å². The van der Waals surface area contributed by atoms with E-state index in [1.807, 2.05) is 24.3 Å². The van der Waals surface area contributed by atoms with Gasteiger partial charge in [0.15, 0.2) is 0 Å². The van der Waals surface area contributed by atoms with Crippen molar-refractivity contribution in [3.05, 3.63) is 77.3 Å². The highest BCUT2D eigenvalue weighted by atomic mass is 35.5.